The molecule has 0 bridgehead atoms. The van der Waals surface area contributed by atoms with Crippen LogP contribution < -0.4 is 0 Å². The third-order valence-corrected chi connectivity index (χ3v) is 3.14. The average Bonchev–Trinajstić information content (AvgIpc) is 2.24. The molecule has 0 amide bonds. The third kappa shape index (κ3) is 3.80. The zero-order valence-corrected chi connectivity index (χ0v) is 11.3. The summed E-state index contributed by atoms with van der Waals surface area (Å²) in [6.07, 6.45) is 1.18. The maximum atomic E-state index is 5.84. The largest absolute Gasteiger partial charge is 0.298 e. The van der Waals surface area contributed by atoms with Gasteiger partial charge in [0.2, 0.25) is 0 Å². The summed E-state index contributed by atoms with van der Waals surface area (Å²) >= 11 is 5.84. The summed E-state index contributed by atoms with van der Waals surface area (Å²) in [5.74, 6) is 0.713. The quantitative estimate of drug-likeness (QED) is 0.684. The van der Waals surface area contributed by atoms with E-state index in [9.17, 15) is 0 Å². The Kier molecular flexibility index (Phi) is 5.86. The Labute approximate surface area is 104 Å². The van der Waals surface area contributed by atoms with Crippen molar-refractivity contribution >= 4 is 11.6 Å². The highest BCUT2D eigenvalue weighted by atomic mass is 35.5. The molecule has 1 rings (SSSR count). The van der Waals surface area contributed by atoms with Crippen molar-refractivity contribution in [1.82, 2.24) is 4.90 Å². The second kappa shape index (κ2) is 6.93. The molecule has 0 heterocycles. The van der Waals surface area contributed by atoms with Crippen molar-refractivity contribution in [2.24, 2.45) is 0 Å². The number of alkyl halides is 1. The summed E-state index contributed by atoms with van der Waals surface area (Å²) in [7, 11) is 0. The number of nitrogens with zero attached hydrogens (tertiary/aromatic N) is 1. The van der Waals surface area contributed by atoms with Gasteiger partial charge in [0.15, 0.2) is 0 Å². The van der Waals surface area contributed by atoms with Gasteiger partial charge in [0.25, 0.3) is 0 Å². The van der Waals surface area contributed by atoms with Gasteiger partial charge in [-0.25, -0.2) is 0 Å². The lowest BCUT2D eigenvalue weighted by atomic mass is 10.0. The van der Waals surface area contributed by atoms with E-state index in [2.05, 4.69) is 43.9 Å². The lowest BCUT2D eigenvalue weighted by Crippen LogP contribution is -2.26. The van der Waals surface area contributed by atoms with Crippen molar-refractivity contribution < 1.29 is 0 Å². The smallest absolute Gasteiger partial charge is 0.0351 e. The highest BCUT2D eigenvalue weighted by molar-refractivity contribution is 6.18. The van der Waals surface area contributed by atoms with Gasteiger partial charge in [0.1, 0.15) is 0 Å². The van der Waals surface area contributed by atoms with Crippen LogP contribution in [-0.4, -0.2) is 23.9 Å². The molecule has 1 nitrogen and oxygen atoms in total. The van der Waals surface area contributed by atoms with E-state index >= 15 is 0 Å². The maximum Gasteiger partial charge on any atom is 0.0351 e. The monoisotopic (exact) mass is 239 g/mol. The van der Waals surface area contributed by atoms with Gasteiger partial charge in [-0.2, -0.15) is 0 Å². The fraction of sp³-hybridized carbons (Fsp3) is 0.571. The summed E-state index contributed by atoms with van der Waals surface area (Å²) < 4.78 is 0. The molecular weight excluding hydrogens is 218 g/mol. The van der Waals surface area contributed by atoms with E-state index in [1.807, 2.05) is 0 Å². The molecule has 0 spiro atoms. The molecule has 0 saturated carbocycles. The first-order valence-electron chi connectivity index (χ1n) is 6.02. The number of aryl methyl sites for hydroxylation is 2. The molecule has 1 aromatic carbocycles. The Morgan fingerprint density at radius 2 is 1.75 bits per heavy atom. The second-order valence-corrected chi connectivity index (χ2v) is 4.71. The molecule has 1 aromatic rings. The molecule has 0 aliphatic carbocycles. The van der Waals surface area contributed by atoms with Crippen LogP contribution in [0, 0.1) is 13.8 Å². The molecule has 90 valence electrons. The van der Waals surface area contributed by atoms with Gasteiger partial charge in [-0.3, -0.25) is 4.90 Å². The van der Waals surface area contributed by atoms with Crippen LogP contribution in [0.2, 0.25) is 0 Å². The molecule has 2 heteroatoms. The van der Waals surface area contributed by atoms with Crippen LogP contribution in [0.1, 0.15) is 30.0 Å². The van der Waals surface area contributed by atoms with Gasteiger partial charge in [-0.15, -0.1) is 11.6 Å². The lowest BCUT2D eigenvalue weighted by Gasteiger charge is -2.22. The minimum Gasteiger partial charge on any atom is -0.298 e. The van der Waals surface area contributed by atoms with E-state index in [-0.39, 0.29) is 0 Å². The van der Waals surface area contributed by atoms with Gasteiger partial charge < -0.3 is 0 Å². The topological polar surface area (TPSA) is 3.24 Å². The first kappa shape index (κ1) is 13.5. The number of hydrogen-bond acceptors (Lipinski definition) is 1. The molecule has 0 aliphatic heterocycles. The van der Waals surface area contributed by atoms with Gasteiger partial charge >= 0.3 is 0 Å². The van der Waals surface area contributed by atoms with E-state index in [0.29, 0.717) is 5.88 Å². The van der Waals surface area contributed by atoms with E-state index < -0.39 is 0 Å². The van der Waals surface area contributed by atoms with E-state index in [1.165, 1.54) is 23.1 Å². The Morgan fingerprint density at radius 1 is 1.12 bits per heavy atom. The number of benzene rings is 1. The fourth-order valence-electron chi connectivity index (χ4n) is 2.03. The minimum atomic E-state index is 0.713. The molecule has 0 radical (unpaired) electrons. The van der Waals surface area contributed by atoms with Gasteiger partial charge in [-0.1, -0.05) is 25.1 Å². The van der Waals surface area contributed by atoms with Crippen molar-refractivity contribution in [3.8, 4) is 0 Å². The summed E-state index contributed by atoms with van der Waals surface area (Å²) in [5.41, 5.74) is 4.23. The standard InChI is InChI=1S/C14H22ClN/c1-4-9-16(10-8-15)11-14-12(2)6-5-7-13(14)3/h5-7H,4,8-11H2,1-3H3. The van der Waals surface area contributed by atoms with E-state index in [0.717, 1.165) is 19.6 Å². The summed E-state index contributed by atoms with van der Waals surface area (Å²) in [6, 6.07) is 6.50. The van der Waals surface area contributed by atoms with Crippen molar-refractivity contribution in [2.75, 3.05) is 19.0 Å². The number of rotatable bonds is 6. The van der Waals surface area contributed by atoms with E-state index in [4.69, 9.17) is 11.6 Å². The number of halogens is 1. The maximum absolute atomic E-state index is 5.84. The molecule has 16 heavy (non-hydrogen) atoms. The summed E-state index contributed by atoms with van der Waals surface area (Å²) in [4.78, 5) is 2.43. The minimum absolute atomic E-state index is 0.713. The molecule has 0 fully saturated rings. The lowest BCUT2D eigenvalue weighted by molar-refractivity contribution is 0.281. The molecule has 0 atom stereocenters. The SMILES string of the molecule is CCCN(CCCl)Cc1c(C)cccc1C. The third-order valence-electron chi connectivity index (χ3n) is 2.97. The molecule has 0 N–H and O–H groups in total. The van der Waals surface area contributed by atoms with Gasteiger partial charge in [0, 0.05) is 19.0 Å². The van der Waals surface area contributed by atoms with Crippen LogP contribution in [0.25, 0.3) is 0 Å². The Hall–Kier alpha value is -0.530. The van der Waals surface area contributed by atoms with Crippen molar-refractivity contribution in [3.05, 3.63) is 34.9 Å². The first-order chi connectivity index (χ1) is 7.69. The van der Waals surface area contributed by atoms with Crippen LogP contribution in [0.4, 0.5) is 0 Å². The van der Waals surface area contributed by atoms with Crippen molar-refractivity contribution in [2.45, 2.75) is 33.7 Å². The predicted molar refractivity (Wildman–Crippen MR) is 72.2 cm³/mol. The zero-order chi connectivity index (χ0) is 12.0. The van der Waals surface area contributed by atoms with Gasteiger partial charge in [-0.05, 0) is 43.5 Å². The van der Waals surface area contributed by atoms with Crippen LogP contribution in [-0.2, 0) is 6.54 Å². The average molecular weight is 240 g/mol. The van der Waals surface area contributed by atoms with E-state index in [1.54, 1.807) is 0 Å². The van der Waals surface area contributed by atoms with Crippen molar-refractivity contribution in [3.63, 3.8) is 0 Å². The second-order valence-electron chi connectivity index (χ2n) is 4.34. The fourth-order valence-corrected chi connectivity index (χ4v) is 2.27. The molecule has 0 unspecified atom stereocenters. The summed E-state index contributed by atoms with van der Waals surface area (Å²) in [6.45, 7) is 9.72. The Balaban J connectivity index is 2.76. The molecule has 0 saturated heterocycles. The first-order valence-corrected chi connectivity index (χ1v) is 6.56. The normalized spacial score (nSPS) is 11.1. The van der Waals surface area contributed by atoms with Crippen LogP contribution >= 0.6 is 11.6 Å². The Morgan fingerprint density at radius 3 is 2.25 bits per heavy atom. The van der Waals surface area contributed by atoms with Crippen LogP contribution in [0.3, 0.4) is 0 Å². The molecular formula is C14H22ClN. The predicted octanol–water partition coefficient (Wildman–Crippen LogP) is 3.75. The highest BCUT2D eigenvalue weighted by Gasteiger charge is 2.08. The van der Waals surface area contributed by atoms with Crippen molar-refractivity contribution in [1.29, 1.82) is 0 Å². The van der Waals surface area contributed by atoms with Gasteiger partial charge in [0.05, 0.1) is 0 Å². The molecule has 0 aliphatic rings. The Bertz CT molecular complexity index is 296. The highest BCUT2D eigenvalue weighted by Crippen LogP contribution is 2.15. The number of hydrogen-bond donors (Lipinski definition) is 0. The summed E-state index contributed by atoms with van der Waals surface area (Å²) in [5, 5.41) is 0. The van der Waals surface area contributed by atoms with Crippen LogP contribution in [0.5, 0.6) is 0 Å². The molecule has 0 aromatic heterocycles. The van der Waals surface area contributed by atoms with Crippen LogP contribution in [0.15, 0.2) is 18.2 Å². The zero-order valence-electron chi connectivity index (χ0n) is 10.6.